The van der Waals surface area contributed by atoms with Crippen LogP contribution in [-0.4, -0.2) is 37.3 Å². The minimum absolute atomic E-state index is 0.0368. The van der Waals surface area contributed by atoms with Gasteiger partial charge >= 0.3 is 5.97 Å². The highest BCUT2D eigenvalue weighted by Gasteiger charge is 2.28. The maximum absolute atomic E-state index is 12.4. The third kappa shape index (κ3) is 6.05. The van der Waals surface area contributed by atoms with Gasteiger partial charge in [-0.05, 0) is 51.8 Å². The summed E-state index contributed by atoms with van der Waals surface area (Å²) in [5.74, 6) is -0.371. The van der Waals surface area contributed by atoms with Crippen molar-refractivity contribution in [3.63, 3.8) is 0 Å². The van der Waals surface area contributed by atoms with E-state index in [-0.39, 0.29) is 17.6 Å². The Morgan fingerprint density at radius 2 is 1.92 bits per heavy atom. The summed E-state index contributed by atoms with van der Waals surface area (Å²) in [6.07, 6.45) is 1.60. The maximum Gasteiger partial charge on any atom is 0.341 e. The molecule has 0 aliphatic heterocycles. The highest BCUT2D eigenvalue weighted by Crippen LogP contribution is 2.26. The van der Waals surface area contributed by atoms with Crippen LogP contribution in [0.25, 0.3) is 0 Å². The third-order valence-corrected chi connectivity index (χ3v) is 3.76. The minimum atomic E-state index is -0.965. The van der Waals surface area contributed by atoms with Crippen molar-refractivity contribution in [3.8, 4) is 5.75 Å². The number of hydrogen-bond acceptors (Lipinski definition) is 5. The Bertz CT molecular complexity index is 597. The average Bonchev–Trinajstić information content (AvgIpc) is 2.60. The van der Waals surface area contributed by atoms with Gasteiger partial charge in [0.05, 0.1) is 13.2 Å². The molecule has 0 aliphatic rings. The molecule has 1 aromatic carbocycles. The van der Waals surface area contributed by atoms with E-state index in [0.29, 0.717) is 18.0 Å². The largest absolute Gasteiger partial charge is 0.490 e. The Balaban J connectivity index is 3.01. The molecule has 6 nitrogen and oxygen atoms in total. The summed E-state index contributed by atoms with van der Waals surface area (Å²) in [5.41, 5.74) is -0.212. The summed E-state index contributed by atoms with van der Waals surface area (Å²) < 4.78 is 16.1. The van der Waals surface area contributed by atoms with E-state index < -0.39 is 11.6 Å². The molecule has 1 aromatic rings. The van der Waals surface area contributed by atoms with Crippen molar-refractivity contribution in [1.82, 2.24) is 0 Å². The first kappa shape index (κ1) is 21.0. The van der Waals surface area contributed by atoms with E-state index in [1.165, 1.54) is 7.11 Å². The van der Waals surface area contributed by atoms with E-state index in [2.05, 4.69) is 5.32 Å². The fourth-order valence-corrected chi connectivity index (χ4v) is 1.98. The summed E-state index contributed by atoms with van der Waals surface area (Å²) in [6, 6.07) is 4.91. The summed E-state index contributed by atoms with van der Waals surface area (Å²) in [6.45, 7) is 9.81. The number of amides is 1. The number of nitrogens with one attached hydrogen (secondary N) is 1. The van der Waals surface area contributed by atoms with Crippen molar-refractivity contribution in [2.24, 2.45) is 0 Å². The van der Waals surface area contributed by atoms with E-state index in [1.54, 1.807) is 32.0 Å². The van der Waals surface area contributed by atoms with Crippen LogP contribution in [0.1, 0.15) is 57.8 Å². The van der Waals surface area contributed by atoms with Gasteiger partial charge in [0.25, 0.3) is 5.91 Å². The van der Waals surface area contributed by atoms with Crippen LogP contribution in [0.2, 0.25) is 0 Å². The summed E-state index contributed by atoms with van der Waals surface area (Å²) in [7, 11) is 1.31. The molecule has 0 aromatic heterocycles. The quantitative estimate of drug-likeness (QED) is 0.685. The lowest BCUT2D eigenvalue weighted by Gasteiger charge is -2.24. The molecule has 0 bridgehead atoms. The Kier molecular flexibility index (Phi) is 7.90. The van der Waals surface area contributed by atoms with Gasteiger partial charge in [0.15, 0.2) is 0 Å². The van der Waals surface area contributed by atoms with Crippen LogP contribution in [0.4, 0.5) is 5.69 Å². The van der Waals surface area contributed by atoms with E-state index in [9.17, 15) is 9.59 Å². The van der Waals surface area contributed by atoms with Crippen LogP contribution < -0.4 is 10.1 Å². The summed E-state index contributed by atoms with van der Waals surface area (Å²) in [5, 5.41) is 2.78. The molecule has 1 N–H and O–H groups in total. The molecule has 1 rings (SSSR count). The molecular formula is C19H29NO5. The van der Waals surface area contributed by atoms with Crippen molar-refractivity contribution < 1.29 is 23.8 Å². The average molecular weight is 351 g/mol. The van der Waals surface area contributed by atoms with Gasteiger partial charge in [-0.2, -0.15) is 0 Å². The lowest BCUT2D eigenvalue weighted by atomic mass is 10.1. The molecule has 25 heavy (non-hydrogen) atoms. The fraction of sp³-hybridized carbons (Fsp3) is 0.579. The number of carbonyl (C=O) groups is 2. The van der Waals surface area contributed by atoms with E-state index in [1.807, 2.05) is 20.8 Å². The lowest BCUT2D eigenvalue weighted by molar-refractivity contribution is -0.137. The van der Waals surface area contributed by atoms with Crippen molar-refractivity contribution in [2.75, 3.05) is 19.0 Å². The number of methoxy groups -OCH3 is 1. The summed E-state index contributed by atoms with van der Waals surface area (Å²) >= 11 is 0. The van der Waals surface area contributed by atoms with E-state index in [0.717, 1.165) is 12.8 Å². The number of anilines is 1. The number of carbonyl (C=O) groups excluding carboxylic acids is 2. The number of ether oxygens (including phenoxy) is 3. The fourth-order valence-electron chi connectivity index (χ4n) is 1.98. The second kappa shape index (κ2) is 9.42. The smallest absolute Gasteiger partial charge is 0.341 e. The zero-order valence-electron chi connectivity index (χ0n) is 16.0. The lowest BCUT2D eigenvalue weighted by Crippen LogP contribution is -2.40. The van der Waals surface area contributed by atoms with Crippen molar-refractivity contribution in [2.45, 2.75) is 59.2 Å². The Labute approximate surface area is 149 Å². The van der Waals surface area contributed by atoms with Crippen LogP contribution in [-0.2, 0) is 14.3 Å². The van der Waals surface area contributed by atoms with Gasteiger partial charge in [0, 0.05) is 12.3 Å². The minimum Gasteiger partial charge on any atom is -0.490 e. The van der Waals surface area contributed by atoms with Crippen LogP contribution in [0.3, 0.4) is 0 Å². The second-order valence-electron chi connectivity index (χ2n) is 6.35. The number of rotatable bonds is 9. The van der Waals surface area contributed by atoms with Gasteiger partial charge < -0.3 is 19.5 Å². The van der Waals surface area contributed by atoms with Crippen LogP contribution >= 0.6 is 0 Å². The van der Waals surface area contributed by atoms with Gasteiger partial charge in [0.2, 0.25) is 0 Å². The SMILES string of the molecule is CCCOC(C)(C)C(=O)Nc1ccc(O[C@H](C)CC)c(C(=O)OC)c1. The molecule has 0 saturated heterocycles. The monoisotopic (exact) mass is 351 g/mol. The number of esters is 1. The zero-order chi connectivity index (χ0) is 19.0. The highest BCUT2D eigenvalue weighted by molar-refractivity contribution is 5.99. The second-order valence-corrected chi connectivity index (χ2v) is 6.35. The van der Waals surface area contributed by atoms with E-state index in [4.69, 9.17) is 14.2 Å². The molecule has 140 valence electrons. The first-order valence-corrected chi connectivity index (χ1v) is 8.59. The molecule has 0 fully saturated rings. The zero-order valence-corrected chi connectivity index (χ0v) is 16.0. The third-order valence-electron chi connectivity index (χ3n) is 3.76. The predicted molar refractivity (Wildman–Crippen MR) is 97.1 cm³/mol. The molecule has 6 heteroatoms. The molecule has 1 atom stereocenters. The standard InChI is InChI=1S/C19H29NO5/c1-7-11-24-19(4,5)18(22)20-14-9-10-16(25-13(3)8-2)15(12-14)17(21)23-6/h9-10,12-13H,7-8,11H2,1-6H3,(H,20,22)/t13-/m1/s1. The van der Waals surface area contributed by atoms with Gasteiger partial charge in [-0.3, -0.25) is 4.79 Å². The highest BCUT2D eigenvalue weighted by atomic mass is 16.5. The first-order valence-electron chi connectivity index (χ1n) is 8.59. The number of hydrogen-bond donors (Lipinski definition) is 1. The van der Waals surface area contributed by atoms with Crippen molar-refractivity contribution in [1.29, 1.82) is 0 Å². The molecule has 0 radical (unpaired) electrons. The molecule has 1 amide bonds. The topological polar surface area (TPSA) is 73.9 Å². The summed E-state index contributed by atoms with van der Waals surface area (Å²) in [4.78, 5) is 24.5. The molecule has 0 saturated carbocycles. The van der Waals surface area contributed by atoms with Crippen molar-refractivity contribution >= 4 is 17.6 Å². The van der Waals surface area contributed by atoms with Gasteiger partial charge in [-0.15, -0.1) is 0 Å². The Hall–Kier alpha value is -2.08. The molecular weight excluding hydrogens is 322 g/mol. The molecule has 0 heterocycles. The van der Waals surface area contributed by atoms with Gasteiger partial charge in [-0.25, -0.2) is 4.79 Å². The normalized spacial score (nSPS) is 12.4. The van der Waals surface area contributed by atoms with Gasteiger partial charge in [-0.1, -0.05) is 13.8 Å². The van der Waals surface area contributed by atoms with Crippen LogP contribution in [0.15, 0.2) is 18.2 Å². The molecule has 0 aliphatic carbocycles. The Morgan fingerprint density at radius 1 is 1.24 bits per heavy atom. The van der Waals surface area contributed by atoms with Crippen LogP contribution in [0.5, 0.6) is 5.75 Å². The Morgan fingerprint density at radius 3 is 2.48 bits per heavy atom. The van der Waals surface area contributed by atoms with E-state index >= 15 is 0 Å². The number of benzene rings is 1. The van der Waals surface area contributed by atoms with Gasteiger partial charge in [0.1, 0.15) is 16.9 Å². The van der Waals surface area contributed by atoms with Crippen molar-refractivity contribution in [3.05, 3.63) is 23.8 Å². The maximum atomic E-state index is 12.4. The van der Waals surface area contributed by atoms with Crippen LogP contribution in [0, 0.1) is 0 Å². The molecule has 0 spiro atoms. The molecule has 0 unspecified atom stereocenters. The predicted octanol–water partition coefficient (Wildman–Crippen LogP) is 3.79. The first-order chi connectivity index (χ1) is 11.7.